The van der Waals surface area contributed by atoms with Crippen molar-refractivity contribution >= 4 is 23.8 Å². The Morgan fingerprint density at radius 2 is 1.02 bits per heavy atom. The van der Waals surface area contributed by atoms with Crippen LogP contribution >= 0.6 is 0 Å². The number of methoxy groups -OCH3 is 1. The molecule has 0 bridgehead atoms. The average Bonchev–Trinajstić information content (AvgIpc) is 3.70. The lowest BCUT2D eigenvalue weighted by atomic mass is 10.0. The van der Waals surface area contributed by atoms with Crippen molar-refractivity contribution in [2.24, 2.45) is 0 Å². The number of hydrogen-bond donors (Lipinski definition) is 1. The minimum Gasteiger partial charge on any atom is -0.463 e. The molecule has 1 heterocycles. The van der Waals surface area contributed by atoms with E-state index >= 15 is 0 Å². The van der Waals surface area contributed by atoms with Gasteiger partial charge in [-0.05, 0) is 46.5 Å². The summed E-state index contributed by atoms with van der Waals surface area (Å²) in [5, 5.41) is 2.94. The molecule has 0 radical (unpaired) electrons. The van der Waals surface area contributed by atoms with E-state index in [4.69, 9.17) is 18.9 Å². The molecular formula is C55H104N2O8. The molecule has 382 valence electrons. The van der Waals surface area contributed by atoms with Gasteiger partial charge < -0.3 is 29.2 Å². The van der Waals surface area contributed by atoms with Gasteiger partial charge in [0.1, 0.15) is 12.7 Å². The van der Waals surface area contributed by atoms with E-state index in [-0.39, 0.29) is 67.5 Å². The van der Waals surface area contributed by atoms with Crippen LogP contribution in [0.1, 0.15) is 272 Å². The maximum absolute atomic E-state index is 13.5. The number of nitrogens with zero attached hydrogens (tertiary/aromatic N) is 1. The van der Waals surface area contributed by atoms with Crippen LogP contribution in [-0.4, -0.2) is 85.9 Å². The molecule has 0 spiro atoms. The molecule has 2 amide bonds. The third kappa shape index (κ3) is 36.5. The molecular weight excluding hydrogens is 817 g/mol. The minimum absolute atomic E-state index is 0.0171. The van der Waals surface area contributed by atoms with Crippen LogP contribution in [0.4, 0.5) is 0 Å². The summed E-state index contributed by atoms with van der Waals surface area (Å²) in [6, 6.07) is -0.387. The number of likely N-dealkylation sites (tertiary alicyclic amines) is 1. The number of unbranched alkanes of at least 4 members (excludes halogenated alkanes) is 28. The smallest absolute Gasteiger partial charge is 0.306 e. The number of carbonyl (C=O) groups is 4. The quantitative estimate of drug-likeness (QED) is 0.0473. The summed E-state index contributed by atoms with van der Waals surface area (Å²) in [7, 11) is 1.67. The Bertz CT molecular complexity index is 1160. The fourth-order valence-electron chi connectivity index (χ4n) is 8.89. The standard InChI is InChI=1S/C55H104N2O8/c1-7-9-11-13-15-17-19-21-23-25-27-29-31-33-35-38-53(60)63-47-49-44-50(65-54(61)39-36-34-32-30-28-26-24-22-20-18-16-14-12-10-8-2)45-57(49)52(59)41-40-51(58)56-43-37-42-55(4,5)64-46-48(3)62-6/h48-50H,7-47H2,1-6H3,(H,56,58)/t48?,49-,50+/m0/s1. The Kier molecular flexibility index (Phi) is 39.2. The number of nitrogens with one attached hydrogen (secondary N) is 1. The summed E-state index contributed by atoms with van der Waals surface area (Å²) in [6.45, 7) is 11.9. The molecule has 65 heavy (non-hydrogen) atoms. The Labute approximate surface area is 400 Å². The SMILES string of the molecule is CCCCCCCCCCCCCCCCCC(=O)OC[C@@H]1C[C@@H](OC(=O)CCCCCCCCCCCCCCCCC)CN1C(=O)CCC(=O)NCCCC(C)(C)OCC(C)OC. The van der Waals surface area contributed by atoms with Gasteiger partial charge in [-0.3, -0.25) is 19.2 Å². The maximum atomic E-state index is 13.5. The predicted octanol–water partition coefficient (Wildman–Crippen LogP) is 14.1. The second kappa shape index (κ2) is 41.9. The Morgan fingerprint density at radius 1 is 0.585 bits per heavy atom. The molecule has 3 atom stereocenters. The van der Waals surface area contributed by atoms with Gasteiger partial charge >= 0.3 is 11.9 Å². The van der Waals surface area contributed by atoms with Crippen molar-refractivity contribution in [2.45, 2.75) is 296 Å². The van der Waals surface area contributed by atoms with Crippen molar-refractivity contribution in [3.63, 3.8) is 0 Å². The van der Waals surface area contributed by atoms with Gasteiger partial charge in [-0.2, -0.15) is 0 Å². The highest BCUT2D eigenvalue weighted by atomic mass is 16.6. The predicted molar refractivity (Wildman–Crippen MR) is 268 cm³/mol. The molecule has 1 aliphatic rings. The van der Waals surface area contributed by atoms with Gasteiger partial charge in [-0.25, -0.2) is 0 Å². The summed E-state index contributed by atoms with van der Waals surface area (Å²) >= 11 is 0. The largest absolute Gasteiger partial charge is 0.463 e. The van der Waals surface area contributed by atoms with Crippen molar-refractivity contribution in [2.75, 3.05) is 33.4 Å². The lowest BCUT2D eigenvalue weighted by Gasteiger charge is -2.27. The molecule has 1 rings (SSSR count). The number of ether oxygens (including phenoxy) is 4. The summed E-state index contributed by atoms with van der Waals surface area (Å²) in [4.78, 5) is 53.7. The Balaban J connectivity index is 2.44. The lowest BCUT2D eigenvalue weighted by molar-refractivity contribution is -0.149. The van der Waals surface area contributed by atoms with Gasteiger partial charge in [0, 0.05) is 45.8 Å². The van der Waals surface area contributed by atoms with Crippen LogP contribution in [-0.2, 0) is 38.1 Å². The van der Waals surface area contributed by atoms with Crippen LogP contribution in [0.15, 0.2) is 0 Å². The Hall–Kier alpha value is -2.20. The molecule has 1 saturated heterocycles. The molecule has 1 unspecified atom stereocenters. The highest BCUT2D eigenvalue weighted by molar-refractivity contribution is 5.84. The van der Waals surface area contributed by atoms with Crippen LogP contribution in [0.3, 0.4) is 0 Å². The monoisotopic (exact) mass is 921 g/mol. The van der Waals surface area contributed by atoms with Crippen molar-refractivity contribution in [3.05, 3.63) is 0 Å². The van der Waals surface area contributed by atoms with Crippen LogP contribution in [0, 0.1) is 0 Å². The normalized spacial score (nSPS) is 15.6. The van der Waals surface area contributed by atoms with Crippen LogP contribution in [0.2, 0.25) is 0 Å². The second-order valence-corrected chi connectivity index (χ2v) is 20.2. The highest BCUT2D eigenvalue weighted by Gasteiger charge is 2.38. The molecule has 0 aromatic heterocycles. The van der Waals surface area contributed by atoms with Gasteiger partial charge in [-0.15, -0.1) is 0 Å². The van der Waals surface area contributed by atoms with Gasteiger partial charge in [0.15, 0.2) is 0 Å². The fraction of sp³-hybridized carbons (Fsp3) is 0.927. The second-order valence-electron chi connectivity index (χ2n) is 20.2. The third-order valence-corrected chi connectivity index (χ3v) is 13.4. The van der Waals surface area contributed by atoms with E-state index in [1.807, 2.05) is 20.8 Å². The molecule has 1 N–H and O–H groups in total. The van der Waals surface area contributed by atoms with E-state index in [0.29, 0.717) is 32.4 Å². The first-order chi connectivity index (χ1) is 31.5. The molecule has 0 aromatic rings. The number of amides is 2. The van der Waals surface area contributed by atoms with E-state index in [2.05, 4.69) is 19.2 Å². The first-order valence-corrected chi connectivity index (χ1v) is 27.6. The zero-order chi connectivity index (χ0) is 47.6. The zero-order valence-corrected chi connectivity index (χ0v) is 43.4. The summed E-state index contributed by atoms with van der Waals surface area (Å²) in [5.74, 6) is -0.848. The number of esters is 2. The van der Waals surface area contributed by atoms with E-state index < -0.39 is 6.10 Å². The number of rotatable bonds is 46. The fourth-order valence-corrected chi connectivity index (χ4v) is 8.89. The average molecular weight is 921 g/mol. The minimum atomic E-state index is -0.451. The van der Waals surface area contributed by atoms with Crippen LogP contribution in [0.5, 0.6) is 0 Å². The lowest BCUT2D eigenvalue weighted by Crippen LogP contribution is -2.39. The number of hydrogen-bond acceptors (Lipinski definition) is 8. The van der Waals surface area contributed by atoms with Crippen LogP contribution < -0.4 is 5.32 Å². The molecule has 0 saturated carbocycles. The molecule has 1 fully saturated rings. The summed E-state index contributed by atoms with van der Waals surface area (Å²) in [6.07, 6.45) is 40.5. The van der Waals surface area contributed by atoms with E-state index in [1.165, 1.54) is 154 Å². The van der Waals surface area contributed by atoms with Crippen molar-refractivity contribution in [3.8, 4) is 0 Å². The van der Waals surface area contributed by atoms with Crippen molar-refractivity contribution in [1.29, 1.82) is 0 Å². The van der Waals surface area contributed by atoms with E-state index in [1.54, 1.807) is 12.0 Å². The van der Waals surface area contributed by atoms with Gasteiger partial charge in [0.2, 0.25) is 11.8 Å². The molecule has 10 heteroatoms. The third-order valence-electron chi connectivity index (χ3n) is 13.4. The maximum Gasteiger partial charge on any atom is 0.306 e. The first-order valence-electron chi connectivity index (χ1n) is 27.6. The first kappa shape index (κ1) is 60.8. The number of carbonyl (C=O) groups excluding carboxylic acids is 4. The topological polar surface area (TPSA) is 120 Å². The van der Waals surface area contributed by atoms with Crippen molar-refractivity contribution < 1.29 is 38.1 Å². The van der Waals surface area contributed by atoms with Gasteiger partial charge in [0.25, 0.3) is 0 Å². The molecule has 10 nitrogen and oxygen atoms in total. The van der Waals surface area contributed by atoms with Gasteiger partial charge in [-0.1, -0.05) is 194 Å². The molecule has 0 aromatic carbocycles. The van der Waals surface area contributed by atoms with E-state index in [9.17, 15) is 19.2 Å². The highest BCUT2D eigenvalue weighted by Crippen LogP contribution is 2.24. The molecule has 1 aliphatic heterocycles. The summed E-state index contributed by atoms with van der Waals surface area (Å²) in [5.41, 5.74) is -0.334. The summed E-state index contributed by atoms with van der Waals surface area (Å²) < 4.78 is 22.9. The van der Waals surface area contributed by atoms with E-state index in [0.717, 1.165) is 51.4 Å². The van der Waals surface area contributed by atoms with Gasteiger partial charge in [0.05, 0.1) is 30.9 Å². The zero-order valence-electron chi connectivity index (χ0n) is 43.4. The Morgan fingerprint density at radius 3 is 1.46 bits per heavy atom. The molecule has 0 aliphatic carbocycles. The van der Waals surface area contributed by atoms with Crippen molar-refractivity contribution in [1.82, 2.24) is 10.2 Å². The van der Waals surface area contributed by atoms with Crippen LogP contribution in [0.25, 0.3) is 0 Å².